The lowest BCUT2D eigenvalue weighted by molar-refractivity contribution is 0.640. The first-order valence-electron chi connectivity index (χ1n) is 4.50. The molecule has 0 saturated heterocycles. The van der Waals surface area contributed by atoms with Crippen molar-refractivity contribution in [1.29, 1.82) is 0 Å². The van der Waals surface area contributed by atoms with Crippen LogP contribution in [0.4, 0.5) is 0 Å². The first-order chi connectivity index (χ1) is 6.29. The second-order valence-electron chi connectivity index (χ2n) is 2.75. The average molecular weight is 218 g/mol. The van der Waals surface area contributed by atoms with Crippen molar-refractivity contribution in [2.75, 3.05) is 6.54 Å². The highest BCUT2D eigenvalue weighted by Gasteiger charge is 1.99. The van der Waals surface area contributed by atoms with Crippen molar-refractivity contribution < 1.29 is 0 Å². The number of nitrogens with zero attached hydrogens (tertiary/aromatic N) is 2. The Morgan fingerprint density at radius 2 is 2.08 bits per heavy atom. The fourth-order valence-corrected chi connectivity index (χ4v) is 2.99. The van der Waals surface area contributed by atoms with E-state index in [1.807, 2.05) is 0 Å². The highest BCUT2D eigenvalue weighted by Crippen LogP contribution is 1.93. The van der Waals surface area contributed by atoms with Gasteiger partial charge in [0.25, 0.3) is 0 Å². The van der Waals surface area contributed by atoms with Gasteiger partial charge in [-0.15, -0.1) is 0 Å². The Morgan fingerprint density at radius 3 is 2.69 bits per heavy atom. The molecule has 0 spiro atoms. The average Bonchev–Trinajstić information content (AvgIpc) is 2.46. The maximum Gasteiger partial charge on any atom is 0.319 e. The second-order valence-corrected chi connectivity index (χ2v) is 4.80. The Morgan fingerprint density at radius 1 is 1.31 bits per heavy atom. The normalized spacial score (nSPS) is 12.3. The fraction of sp³-hybridized carbons (Fsp3) is 0.750. The maximum absolute atomic E-state index is 11.3. The fourth-order valence-electron chi connectivity index (χ4n) is 0.971. The van der Waals surface area contributed by atoms with Crippen LogP contribution in [-0.2, 0) is 6.54 Å². The van der Waals surface area contributed by atoms with Crippen LogP contribution < -0.4 is 9.67 Å². The van der Waals surface area contributed by atoms with Gasteiger partial charge in [0.2, 0.25) is 0 Å². The van der Waals surface area contributed by atoms with E-state index in [2.05, 4.69) is 18.8 Å². The summed E-state index contributed by atoms with van der Waals surface area (Å²) in [7, 11) is 2.76. The zero-order valence-electron chi connectivity index (χ0n) is 7.95. The van der Waals surface area contributed by atoms with Crippen molar-refractivity contribution in [3.8, 4) is 0 Å². The summed E-state index contributed by atoms with van der Waals surface area (Å²) in [5, 5.41) is 0. The van der Waals surface area contributed by atoms with Crippen LogP contribution in [0.15, 0.2) is 9.79 Å². The highest BCUT2D eigenvalue weighted by atomic mass is 32.9. The Hall–Kier alpha value is -0.420. The van der Waals surface area contributed by atoms with E-state index < -0.39 is 0 Å². The van der Waals surface area contributed by atoms with E-state index in [9.17, 15) is 4.79 Å². The van der Waals surface area contributed by atoms with Crippen molar-refractivity contribution in [2.24, 2.45) is 4.99 Å². The molecule has 1 aromatic rings. The molecule has 5 heteroatoms. The summed E-state index contributed by atoms with van der Waals surface area (Å²) in [5.74, 6) is 0. The Labute approximate surface area is 84.8 Å². The molecule has 0 atom stereocenters. The Balaban J connectivity index is 3.00. The van der Waals surface area contributed by atoms with E-state index in [4.69, 9.17) is 0 Å². The number of hydrogen-bond acceptors (Lipinski definition) is 4. The maximum atomic E-state index is 11.3. The van der Waals surface area contributed by atoms with E-state index in [0.29, 0.717) is 0 Å². The van der Waals surface area contributed by atoms with Crippen LogP contribution in [-0.4, -0.2) is 11.1 Å². The van der Waals surface area contributed by atoms with Gasteiger partial charge in [0.1, 0.15) is 0 Å². The molecule has 3 nitrogen and oxygen atoms in total. The molecule has 0 unspecified atom stereocenters. The van der Waals surface area contributed by atoms with Gasteiger partial charge in [0.15, 0.2) is 4.80 Å². The molecule has 0 bridgehead atoms. The van der Waals surface area contributed by atoms with Crippen molar-refractivity contribution in [3.63, 3.8) is 0 Å². The van der Waals surface area contributed by atoms with E-state index in [0.717, 1.165) is 30.7 Å². The van der Waals surface area contributed by atoms with Crippen LogP contribution in [0.25, 0.3) is 0 Å². The molecular formula is C8H14N2OS2. The zero-order valence-corrected chi connectivity index (χ0v) is 9.58. The van der Waals surface area contributed by atoms with Gasteiger partial charge in [-0.1, -0.05) is 13.8 Å². The minimum Gasteiger partial charge on any atom is -0.275 e. The largest absolute Gasteiger partial charge is 0.319 e. The molecule has 1 aromatic heterocycles. The quantitative estimate of drug-likeness (QED) is 0.708. The third kappa shape index (κ3) is 2.77. The third-order valence-corrected chi connectivity index (χ3v) is 3.63. The Kier molecular flexibility index (Phi) is 4.38. The van der Waals surface area contributed by atoms with Gasteiger partial charge >= 0.3 is 4.87 Å². The van der Waals surface area contributed by atoms with Gasteiger partial charge in [-0.2, -0.15) is 0 Å². The van der Waals surface area contributed by atoms with Gasteiger partial charge in [-0.25, -0.2) is 0 Å². The molecule has 0 aliphatic rings. The van der Waals surface area contributed by atoms with E-state index in [1.165, 1.54) is 20.7 Å². The summed E-state index contributed by atoms with van der Waals surface area (Å²) in [6.45, 7) is 5.76. The SMILES string of the molecule is CCCN=c1ssc(=O)n1CCC. The summed E-state index contributed by atoms with van der Waals surface area (Å²) in [5.41, 5.74) is 0. The summed E-state index contributed by atoms with van der Waals surface area (Å²) in [6.07, 6.45) is 2.01. The van der Waals surface area contributed by atoms with Crippen molar-refractivity contribution in [3.05, 3.63) is 14.5 Å². The van der Waals surface area contributed by atoms with Crippen LogP contribution in [0.3, 0.4) is 0 Å². The van der Waals surface area contributed by atoms with Gasteiger partial charge in [0.05, 0.1) is 0 Å². The van der Waals surface area contributed by atoms with Crippen molar-refractivity contribution in [1.82, 2.24) is 4.57 Å². The van der Waals surface area contributed by atoms with Gasteiger partial charge < -0.3 is 0 Å². The molecule has 0 radical (unpaired) electrons. The number of aromatic nitrogens is 1. The summed E-state index contributed by atoms with van der Waals surface area (Å²) in [4.78, 5) is 16.7. The van der Waals surface area contributed by atoms with Crippen molar-refractivity contribution in [2.45, 2.75) is 33.2 Å². The second kappa shape index (κ2) is 5.34. The van der Waals surface area contributed by atoms with Crippen LogP contribution >= 0.6 is 20.7 Å². The summed E-state index contributed by atoms with van der Waals surface area (Å²) in [6, 6.07) is 0. The molecule has 0 fully saturated rings. The lowest BCUT2D eigenvalue weighted by Crippen LogP contribution is -2.25. The van der Waals surface area contributed by atoms with E-state index in [1.54, 1.807) is 4.57 Å². The Bertz CT molecular complexity index is 361. The molecule has 74 valence electrons. The lowest BCUT2D eigenvalue weighted by atomic mass is 10.5. The topological polar surface area (TPSA) is 34.4 Å². The predicted molar refractivity (Wildman–Crippen MR) is 57.5 cm³/mol. The molecule has 0 aliphatic carbocycles. The first kappa shape index (κ1) is 10.7. The molecule has 0 saturated carbocycles. The number of hydrogen-bond donors (Lipinski definition) is 0. The smallest absolute Gasteiger partial charge is 0.275 e. The zero-order chi connectivity index (χ0) is 9.68. The molecule has 0 N–H and O–H groups in total. The van der Waals surface area contributed by atoms with Crippen LogP contribution in [0, 0.1) is 0 Å². The molecule has 1 heterocycles. The minimum absolute atomic E-state index is 0.127. The lowest BCUT2D eigenvalue weighted by Gasteiger charge is -1.95. The monoisotopic (exact) mass is 218 g/mol. The van der Waals surface area contributed by atoms with E-state index >= 15 is 0 Å². The highest BCUT2D eigenvalue weighted by molar-refractivity contribution is 7.67. The van der Waals surface area contributed by atoms with Gasteiger partial charge in [-0.3, -0.25) is 14.4 Å². The standard InChI is InChI=1S/C8H14N2OS2/c1-3-5-9-7-10(6-4-2)8(11)13-12-7/h3-6H2,1-2H3. The molecular weight excluding hydrogens is 204 g/mol. The molecule has 1 rings (SSSR count). The number of rotatable bonds is 4. The van der Waals surface area contributed by atoms with E-state index in [-0.39, 0.29) is 4.87 Å². The van der Waals surface area contributed by atoms with Gasteiger partial charge in [-0.05, 0) is 33.5 Å². The van der Waals surface area contributed by atoms with Crippen molar-refractivity contribution >= 4 is 20.7 Å². The van der Waals surface area contributed by atoms with Crippen LogP contribution in [0.5, 0.6) is 0 Å². The first-order valence-corrected chi connectivity index (χ1v) is 6.65. The predicted octanol–water partition coefficient (Wildman–Crippen LogP) is 1.69. The molecule has 0 aliphatic heterocycles. The van der Waals surface area contributed by atoms with Crippen LogP contribution in [0.2, 0.25) is 0 Å². The summed E-state index contributed by atoms with van der Waals surface area (Å²) >= 11 is 0. The molecule has 13 heavy (non-hydrogen) atoms. The minimum atomic E-state index is 0.127. The van der Waals surface area contributed by atoms with Gasteiger partial charge in [0, 0.05) is 13.1 Å². The summed E-state index contributed by atoms with van der Waals surface area (Å²) < 4.78 is 1.77. The van der Waals surface area contributed by atoms with Crippen LogP contribution in [0.1, 0.15) is 26.7 Å². The third-order valence-electron chi connectivity index (χ3n) is 1.56. The molecule has 0 aromatic carbocycles. The molecule has 0 amide bonds.